The van der Waals surface area contributed by atoms with Crippen molar-refractivity contribution in [2.24, 2.45) is 5.73 Å². The number of nitrogen functional groups attached to an aromatic ring is 1. The lowest BCUT2D eigenvalue weighted by Crippen LogP contribution is -2.37. The zero-order valence-electron chi connectivity index (χ0n) is 10.7. The molecular weight excluding hydrogens is 228 g/mol. The lowest BCUT2D eigenvalue weighted by molar-refractivity contribution is 0.0458. The molecule has 18 heavy (non-hydrogen) atoms. The molecule has 0 saturated carbocycles. The molecule has 1 aliphatic heterocycles. The minimum atomic E-state index is 0.0149. The van der Waals surface area contributed by atoms with E-state index in [2.05, 4.69) is 9.88 Å². The number of aromatic nitrogens is 1. The van der Waals surface area contributed by atoms with Crippen molar-refractivity contribution in [1.29, 1.82) is 5.41 Å². The smallest absolute Gasteiger partial charge is 0.141 e. The number of ether oxygens (including phenoxy) is 1. The Bertz CT molecular complexity index is 413. The first-order chi connectivity index (χ1) is 8.70. The van der Waals surface area contributed by atoms with Gasteiger partial charge in [-0.2, -0.15) is 0 Å². The normalized spacial score (nSPS) is 16.8. The summed E-state index contributed by atoms with van der Waals surface area (Å²) in [7, 11) is 0. The molecule has 3 N–H and O–H groups in total. The van der Waals surface area contributed by atoms with E-state index in [1.54, 1.807) is 6.07 Å². The fraction of sp³-hybridized carbons (Fsp3) is 0.538. The van der Waals surface area contributed by atoms with Gasteiger partial charge in [0, 0.05) is 19.7 Å². The summed E-state index contributed by atoms with van der Waals surface area (Å²) in [5.74, 6) is 0.915. The Kier molecular flexibility index (Phi) is 4.15. The van der Waals surface area contributed by atoms with Crippen molar-refractivity contribution in [3.05, 3.63) is 23.9 Å². The summed E-state index contributed by atoms with van der Waals surface area (Å²) in [6, 6.07) is 5.62. The molecule has 0 spiro atoms. The van der Waals surface area contributed by atoms with Crippen molar-refractivity contribution in [3.8, 4) is 0 Å². The minimum Gasteiger partial charge on any atom is -0.382 e. The van der Waals surface area contributed by atoms with Gasteiger partial charge in [0.15, 0.2) is 0 Å². The highest BCUT2D eigenvalue weighted by molar-refractivity contribution is 5.93. The van der Waals surface area contributed by atoms with Crippen molar-refractivity contribution in [2.45, 2.75) is 25.9 Å². The summed E-state index contributed by atoms with van der Waals surface area (Å²) in [5.41, 5.74) is 6.00. The van der Waals surface area contributed by atoms with Crippen LogP contribution in [0.25, 0.3) is 0 Å². The van der Waals surface area contributed by atoms with E-state index in [4.69, 9.17) is 15.9 Å². The summed E-state index contributed by atoms with van der Waals surface area (Å²) < 4.78 is 5.63. The van der Waals surface area contributed by atoms with Crippen molar-refractivity contribution in [1.82, 2.24) is 4.98 Å². The van der Waals surface area contributed by atoms with E-state index < -0.39 is 0 Å². The largest absolute Gasteiger partial charge is 0.382 e. The third-order valence-corrected chi connectivity index (χ3v) is 3.18. The molecule has 1 aliphatic rings. The van der Waals surface area contributed by atoms with E-state index >= 15 is 0 Å². The van der Waals surface area contributed by atoms with Gasteiger partial charge in [0.1, 0.15) is 17.3 Å². The highest BCUT2D eigenvalue weighted by atomic mass is 16.5. The molecule has 1 aromatic heterocycles. The molecule has 0 amide bonds. The predicted molar refractivity (Wildman–Crippen MR) is 72.1 cm³/mol. The van der Waals surface area contributed by atoms with E-state index in [-0.39, 0.29) is 5.84 Å². The Labute approximate surface area is 107 Å². The highest BCUT2D eigenvalue weighted by Crippen LogP contribution is 2.19. The van der Waals surface area contributed by atoms with E-state index in [9.17, 15) is 0 Å². The molecule has 0 aromatic carbocycles. The Balaban J connectivity index is 2.01. The number of nitrogens with two attached hydrogens (primary N) is 1. The zero-order chi connectivity index (χ0) is 13.0. The summed E-state index contributed by atoms with van der Waals surface area (Å²) in [5, 5.41) is 7.41. The number of hydrogen-bond donors (Lipinski definition) is 2. The molecule has 2 heterocycles. The molecular formula is C13H20N4O. The predicted octanol–water partition coefficient (Wildman–Crippen LogP) is 1.37. The molecule has 98 valence electrons. The Morgan fingerprint density at radius 2 is 2.22 bits per heavy atom. The van der Waals surface area contributed by atoms with Gasteiger partial charge >= 0.3 is 0 Å². The van der Waals surface area contributed by atoms with Gasteiger partial charge in [-0.3, -0.25) is 5.41 Å². The lowest BCUT2D eigenvalue weighted by atomic mass is 10.1. The zero-order valence-corrected chi connectivity index (χ0v) is 10.7. The number of hydrogen-bond acceptors (Lipinski definition) is 4. The van der Waals surface area contributed by atoms with Gasteiger partial charge in [0.2, 0.25) is 0 Å². The van der Waals surface area contributed by atoms with Gasteiger partial charge in [0.25, 0.3) is 0 Å². The van der Waals surface area contributed by atoms with Crippen LogP contribution in [-0.2, 0) is 4.74 Å². The summed E-state index contributed by atoms with van der Waals surface area (Å²) in [6.45, 7) is 4.70. The van der Waals surface area contributed by atoms with Gasteiger partial charge in [-0.15, -0.1) is 0 Å². The van der Waals surface area contributed by atoms with E-state index in [1.165, 1.54) is 0 Å². The van der Waals surface area contributed by atoms with Crippen LogP contribution in [-0.4, -0.2) is 36.6 Å². The summed E-state index contributed by atoms with van der Waals surface area (Å²) in [4.78, 5) is 6.63. The summed E-state index contributed by atoms with van der Waals surface area (Å²) in [6.07, 6.45) is 2.43. The minimum absolute atomic E-state index is 0.0149. The Hall–Kier alpha value is -1.62. The number of nitrogens with one attached hydrogen (secondary N) is 1. The van der Waals surface area contributed by atoms with Gasteiger partial charge in [-0.25, -0.2) is 4.98 Å². The van der Waals surface area contributed by atoms with E-state index in [0.29, 0.717) is 11.8 Å². The highest BCUT2D eigenvalue weighted by Gasteiger charge is 2.20. The fourth-order valence-electron chi connectivity index (χ4n) is 2.24. The van der Waals surface area contributed by atoms with Gasteiger partial charge in [0.05, 0.1) is 6.10 Å². The molecule has 1 fully saturated rings. The molecule has 0 radical (unpaired) electrons. The first-order valence-corrected chi connectivity index (χ1v) is 6.38. The van der Waals surface area contributed by atoms with Crippen molar-refractivity contribution >= 4 is 11.7 Å². The van der Waals surface area contributed by atoms with Crippen molar-refractivity contribution in [2.75, 3.05) is 24.6 Å². The van der Waals surface area contributed by atoms with Crippen LogP contribution in [0.1, 0.15) is 25.5 Å². The number of anilines is 1. The third-order valence-electron chi connectivity index (χ3n) is 3.18. The van der Waals surface area contributed by atoms with Gasteiger partial charge < -0.3 is 15.4 Å². The van der Waals surface area contributed by atoms with Gasteiger partial charge in [-0.1, -0.05) is 6.07 Å². The average Bonchev–Trinajstić information content (AvgIpc) is 2.40. The number of pyridine rings is 1. The average molecular weight is 248 g/mol. The Morgan fingerprint density at radius 3 is 2.83 bits per heavy atom. The second kappa shape index (κ2) is 5.82. The standard InChI is InChI=1S/C13H20N4O/c1-2-18-10-6-8-17(9-7-10)12-5-3-4-11(16-12)13(14)15/h3-5,10H,2,6-9H2,1H3,(H3,14,15). The van der Waals surface area contributed by atoms with Crippen LogP contribution >= 0.6 is 0 Å². The molecule has 0 atom stereocenters. The lowest BCUT2D eigenvalue weighted by Gasteiger charge is -2.32. The van der Waals surface area contributed by atoms with Crippen LogP contribution in [0.15, 0.2) is 18.2 Å². The van der Waals surface area contributed by atoms with Crippen LogP contribution in [0.4, 0.5) is 5.82 Å². The second-order valence-electron chi connectivity index (χ2n) is 4.44. The molecule has 0 bridgehead atoms. The Morgan fingerprint density at radius 1 is 1.50 bits per heavy atom. The molecule has 0 unspecified atom stereocenters. The maximum Gasteiger partial charge on any atom is 0.141 e. The van der Waals surface area contributed by atoms with Gasteiger partial charge in [-0.05, 0) is 31.9 Å². The number of nitrogens with zero attached hydrogens (tertiary/aromatic N) is 2. The van der Waals surface area contributed by atoms with Crippen molar-refractivity contribution in [3.63, 3.8) is 0 Å². The maximum absolute atomic E-state index is 7.41. The number of amidine groups is 1. The topological polar surface area (TPSA) is 75.2 Å². The number of rotatable bonds is 4. The van der Waals surface area contributed by atoms with Crippen LogP contribution in [0.3, 0.4) is 0 Å². The third kappa shape index (κ3) is 2.98. The molecule has 2 rings (SSSR count). The SMILES string of the molecule is CCOC1CCN(c2cccc(C(=N)N)n2)CC1. The first-order valence-electron chi connectivity index (χ1n) is 6.38. The monoisotopic (exact) mass is 248 g/mol. The molecule has 1 saturated heterocycles. The number of piperidine rings is 1. The quantitative estimate of drug-likeness (QED) is 0.623. The van der Waals surface area contributed by atoms with Crippen LogP contribution in [0.5, 0.6) is 0 Å². The maximum atomic E-state index is 7.41. The van der Waals surface area contributed by atoms with E-state index in [1.807, 2.05) is 19.1 Å². The van der Waals surface area contributed by atoms with Crippen LogP contribution in [0, 0.1) is 5.41 Å². The second-order valence-corrected chi connectivity index (χ2v) is 4.44. The van der Waals surface area contributed by atoms with Crippen LogP contribution in [0.2, 0.25) is 0 Å². The summed E-state index contributed by atoms with van der Waals surface area (Å²) >= 11 is 0. The fourth-order valence-corrected chi connectivity index (χ4v) is 2.24. The van der Waals surface area contributed by atoms with Crippen LogP contribution < -0.4 is 10.6 Å². The van der Waals surface area contributed by atoms with E-state index in [0.717, 1.165) is 38.4 Å². The molecule has 1 aromatic rings. The van der Waals surface area contributed by atoms with Crippen molar-refractivity contribution < 1.29 is 4.74 Å². The molecule has 5 nitrogen and oxygen atoms in total. The molecule has 0 aliphatic carbocycles. The molecule has 5 heteroatoms. The first kappa shape index (κ1) is 12.8.